The maximum Gasteiger partial charge on any atom is 0.490 e. The van der Waals surface area contributed by atoms with E-state index in [1.54, 1.807) is 11.0 Å². The topological polar surface area (TPSA) is 99.9 Å². The molecule has 1 aromatic heterocycles. The SMILES string of the molecule is CC(N)C12CC3CC(C1)CC(n1cnc([N+](=O)[O-])n1)(C3)C2.Cl. The minimum atomic E-state index is -0.516. The molecular weight excluding hydrogens is 306 g/mol. The van der Waals surface area contributed by atoms with E-state index in [1.165, 1.54) is 19.3 Å². The highest BCUT2D eigenvalue weighted by atomic mass is 35.5. The molecule has 22 heavy (non-hydrogen) atoms. The molecular formula is C14H22ClN5O2. The highest BCUT2D eigenvalue weighted by Crippen LogP contribution is 2.64. The van der Waals surface area contributed by atoms with Crippen LogP contribution in [0.3, 0.4) is 0 Å². The number of halogens is 1. The van der Waals surface area contributed by atoms with E-state index in [0.29, 0.717) is 11.8 Å². The third-order valence-corrected chi connectivity index (χ3v) is 6.17. The van der Waals surface area contributed by atoms with Gasteiger partial charge in [-0.2, -0.15) is 4.68 Å². The molecule has 8 heteroatoms. The van der Waals surface area contributed by atoms with Crippen LogP contribution < -0.4 is 5.73 Å². The Morgan fingerprint density at radius 1 is 1.41 bits per heavy atom. The average Bonchev–Trinajstić information content (AvgIpc) is 2.87. The first-order valence-electron chi connectivity index (χ1n) is 7.75. The van der Waals surface area contributed by atoms with Crippen molar-refractivity contribution in [3.8, 4) is 0 Å². The minimum absolute atomic E-state index is 0. The van der Waals surface area contributed by atoms with Gasteiger partial charge in [0.25, 0.3) is 0 Å². The van der Waals surface area contributed by atoms with Gasteiger partial charge in [0, 0.05) is 11.1 Å². The normalized spacial score (nSPS) is 40.3. The summed E-state index contributed by atoms with van der Waals surface area (Å²) in [7, 11) is 0. The summed E-state index contributed by atoms with van der Waals surface area (Å²) in [5.74, 6) is 1.07. The van der Waals surface area contributed by atoms with Gasteiger partial charge in [-0.1, -0.05) is 4.98 Å². The third-order valence-electron chi connectivity index (χ3n) is 6.17. The van der Waals surface area contributed by atoms with E-state index in [2.05, 4.69) is 17.0 Å². The van der Waals surface area contributed by atoms with Crippen molar-refractivity contribution >= 4 is 18.4 Å². The molecule has 4 aliphatic carbocycles. The number of nitro groups is 1. The number of nitrogens with zero attached hydrogens (tertiary/aromatic N) is 4. The lowest BCUT2D eigenvalue weighted by atomic mass is 9.45. The molecule has 1 aromatic rings. The van der Waals surface area contributed by atoms with Gasteiger partial charge in [-0.25, -0.2) is 0 Å². The van der Waals surface area contributed by atoms with Crippen molar-refractivity contribution in [3.63, 3.8) is 0 Å². The van der Waals surface area contributed by atoms with Crippen LogP contribution >= 0.6 is 12.4 Å². The minimum Gasteiger partial charge on any atom is -0.390 e. The quantitative estimate of drug-likeness (QED) is 0.678. The fraction of sp³-hybridized carbons (Fsp3) is 0.857. The Labute approximate surface area is 135 Å². The van der Waals surface area contributed by atoms with Crippen molar-refractivity contribution in [2.75, 3.05) is 0 Å². The second-order valence-electron chi connectivity index (χ2n) is 7.58. The molecule has 1 heterocycles. The summed E-state index contributed by atoms with van der Waals surface area (Å²) in [6.45, 7) is 2.12. The van der Waals surface area contributed by atoms with E-state index >= 15 is 0 Å². The van der Waals surface area contributed by atoms with Crippen LogP contribution in [0.2, 0.25) is 0 Å². The molecule has 0 aromatic carbocycles. The largest absolute Gasteiger partial charge is 0.490 e. The molecule has 0 saturated heterocycles. The average molecular weight is 328 g/mol. The summed E-state index contributed by atoms with van der Waals surface area (Å²) in [5, 5.41) is 15.0. The third kappa shape index (κ3) is 2.06. The summed E-state index contributed by atoms with van der Waals surface area (Å²) in [4.78, 5) is 14.2. The van der Waals surface area contributed by atoms with Crippen molar-refractivity contribution < 1.29 is 4.92 Å². The first kappa shape index (κ1) is 15.7. The highest BCUT2D eigenvalue weighted by Gasteiger charge is 2.60. The summed E-state index contributed by atoms with van der Waals surface area (Å²) < 4.78 is 1.79. The molecule has 3 atom stereocenters. The molecule has 4 fully saturated rings. The summed E-state index contributed by atoms with van der Waals surface area (Å²) in [5.41, 5.74) is 6.42. The van der Waals surface area contributed by atoms with Crippen LogP contribution in [0.25, 0.3) is 0 Å². The van der Waals surface area contributed by atoms with E-state index in [4.69, 9.17) is 5.73 Å². The first-order chi connectivity index (χ1) is 9.92. The number of nitrogens with two attached hydrogens (primary N) is 1. The zero-order valence-electron chi connectivity index (χ0n) is 12.6. The fourth-order valence-electron chi connectivity index (χ4n) is 5.65. The smallest absolute Gasteiger partial charge is 0.390 e. The second-order valence-corrected chi connectivity index (χ2v) is 7.58. The van der Waals surface area contributed by atoms with E-state index in [-0.39, 0.29) is 35.4 Å². The zero-order valence-corrected chi connectivity index (χ0v) is 13.5. The van der Waals surface area contributed by atoms with Gasteiger partial charge in [0.2, 0.25) is 6.33 Å². The van der Waals surface area contributed by atoms with Crippen molar-refractivity contribution in [3.05, 3.63) is 16.4 Å². The number of hydrogen-bond acceptors (Lipinski definition) is 5. The molecule has 0 spiro atoms. The predicted molar refractivity (Wildman–Crippen MR) is 82.7 cm³/mol. The van der Waals surface area contributed by atoms with Crippen molar-refractivity contribution in [1.29, 1.82) is 0 Å². The lowest BCUT2D eigenvalue weighted by Crippen LogP contribution is -2.61. The van der Waals surface area contributed by atoms with Crippen LogP contribution in [0.15, 0.2) is 6.33 Å². The Hall–Kier alpha value is -1.21. The van der Waals surface area contributed by atoms with E-state index < -0.39 is 4.92 Å². The summed E-state index contributed by atoms with van der Waals surface area (Å²) >= 11 is 0. The highest BCUT2D eigenvalue weighted by molar-refractivity contribution is 5.85. The molecule has 7 nitrogen and oxygen atoms in total. The second kappa shape index (κ2) is 4.89. The predicted octanol–water partition coefficient (Wildman–Crippen LogP) is 2.25. The number of aromatic nitrogens is 3. The fourth-order valence-corrected chi connectivity index (χ4v) is 5.65. The monoisotopic (exact) mass is 327 g/mol. The number of hydrogen-bond donors (Lipinski definition) is 1. The Morgan fingerprint density at radius 3 is 2.55 bits per heavy atom. The van der Waals surface area contributed by atoms with Gasteiger partial charge in [0.05, 0.1) is 5.54 Å². The van der Waals surface area contributed by atoms with Gasteiger partial charge in [-0.3, -0.25) is 0 Å². The summed E-state index contributed by atoms with van der Waals surface area (Å²) in [6, 6.07) is 0.168. The van der Waals surface area contributed by atoms with E-state index in [1.807, 2.05) is 0 Å². The maximum atomic E-state index is 10.9. The van der Waals surface area contributed by atoms with E-state index in [9.17, 15) is 10.1 Å². The van der Waals surface area contributed by atoms with Crippen LogP contribution in [-0.2, 0) is 5.54 Å². The van der Waals surface area contributed by atoms with Crippen LogP contribution in [-0.4, -0.2) is 25.7 Å². The van der Waals surface area contributed by atoms with Crippen molar-refractivity contribution in [2.24, 2.45) is 23.0 Å². The Bertz CT molecular complexity index is 588. The lowest BCUT2D eigenvalue weighted by molar-refractivity contribution is -0.394. The molecule has 4 bridgehead atoms. The maximum absolute atomic E-state index is 10.9. The van der Waals surface area contributed by atoms with Crippen LogP contribution in [0.1, 0.15) is 45.4 Å². The Kier molecular flexibility index (Phi) is 3.49. The molecule has 4 saturated carbocycles. The van der Waals surface area contributed by atoms with Gasteiger partial charge in [0.1, 0.15) is 0 Å². The molecule has 0 amide bonds. The molecule has 122 valence electrons. The molecule has 0 aliphatic heterocycles. The zero-order chi connectivity index (χ0) is 14.8. The molecule has 0 radical (unpaired) electrons. The molecule has 3 unspecified atom stereocenters. The first-order valence-corrected chi connectivity index (χ1v) is 7.75. The molecule has 5 rings (SSSR count). The van der Waals surface area contributed by atoms with Crippen LogP contribution in [0.5, 0.6) is 0 Å². The molecule has 4 aliphatic rings. The van der Waals surface area contributed by atoms with Crippen LogP contribution in [0, 0.1) is 27.4 Å². The van der Waals surface area contributed by atoms with Crippen molar-refractivity contribution in [2.45, 2.75) is 57.0 Å². The Balaban J connectivity index is 0.00000144. The lowest BCUT2D eigenvalue weighted by Gasteiger charge is -2.62. The van der Waals surface area contributed by atoms with Crippen molar-refractivity contribution in [1.82, 2.24) is 14.8 Å². The van der Waals surface area contributed by atoms with Gasteiger partial charge < -0.3 is 15.8 Å². The van der Waals surface area contributed by atoms with Gasteiger partial charge >= 0.3 is 5.95 Å². The van der Waals surface area contributed by atoms with Gasteiger partial charge in [0.15, 0.2) is 0 Å². The standard InChI is InChI=1S/C14H21N5O2.ClH/c1-9(15)13-3-10-2-11(4-13)6-14(5-10,7-13)18-8-16-12(17-18)19(20)21;/h8-11H,2-7,15H2,1H3;1H. The summed E-state index contributed by atoms with van der Waals surface area (Å²) in [6.07, 6.45) is 8.38. The Morgan fingerprint density at radius 2 is 2.05 bits per heavy atom. The number of rotatable bonds is 3. The van der Waals surface area contributed by atoms with Gasteiger partial charge in [-0.05, 0) is 67.6 Å². The van der Waals surface area contributed by atoms with Crippen LogP contribution in [0.4, 0.5) is 5.95 Å². The molecule has 2 N–H and O–H groups in total. The van der Waals surface area contributed by atoms with Gasteiger partial charge in [-0.15, -0.1) is 12.4 Å². The van der Waals surface area contributed by atoms with E-state index in [0.717, 1.165) is 19.3 Å².